The zero-order valence-electron chi connectivity index (χ0n) is 59.6. The van der Waals surface area contributed by atoms with Gasteiger partial charge >= 0.3 is 0 Å². The summed E-state index contributed by atoms with van der Waals surface area (Å²) in [5.74, 6) is 3.49. The predicted molar refractivity (Wildman–Crippen MR) is 458 cm³/mol. The van der Waals surface area contributed by atoms with Crippen LogP contribution in [0.1, 0.15) is 0 Å². The SMILES string of the molecule is c1ccc(-c2cccc(-c3nc(-c4ccccc4)nc(-c4cc5c6ccccc6c6cc(-c7cccc(-c8ccccc8)c7-c7nc(-c8cccc(-c9cccc(-c%10cc%11c%12ccccc%12c%12ccccc%12c%11c%11ccccc%10%11)c9)c8)nc(-c8ccccc8-c8ccccc8)n7)ccc6c5c5ccccc45)n3)c2)cc1. The van der Waals surface area contributed by atoms with E-state index in [0.717, 1.165) is 138 Å². The average molecular weight is 1400 g/mol. The molecule has 0 fully saturated rings. The first-order valence-corrected chi connectivity index (χ1v) is 37.4. The number of hydrogen-bond acceptors (Lipinski definition) is 6. The molecule has 0 amide bonds. The minimum atomic E-state index is 0.556. The lowest BCUT2D eigenvalue weighted by atomic mass is 9.86. The van der Waals surface area contributed by atoms with E-state index in [2.05, 4.69) is 364 Å². The van der Waals surface area contributed by atoms with Crippen LogP contribution in [0.4, 0.5) is 0 Å². The first-order chi connectivity index (χ1) is 54.5. The van der Waals surface area contributed by atoms with Crippen LogP contribution >= 0.6 is 0 Å². The molecule has 0 bridgehead atoms. The van der Waals surface area contributed by atoms with Gasteiger partial charge in [-0.3, -0.25) is 0 Å². The van der Waals surface area contributed by atoms with Crippen molar-refractivity contribution in [2.45, 2.75) is 0 Å². The first kappa shape index (κ1) is 63.7. The molecule has 0 saturated heterocycles. The van der Waals surface area contributed by atoms with E-state index in [1.807, 2.05) is 24.3 Å². The van der Waals surface area contributed by atoms with Gasteiger partial charge < -0.3 is 0 Å². The van der Waals surface area contributed by atoms with Gasteiger partial charge in [0.2, 0.25) is 0 Å². The molecule has 0 unspecified atom stereocenters. The van der Waals surface area contributed by atoms with E-state index < -0.39 is 0 Å². The lowest BCUT2D eigenvalue weighted by molar-refractivity contribution is 1.07. The Morgan fingerprint density at radius 1 is 0.118 bits per heavy atom. The molecule has 6 nitrogen and oxygen atoms in total. The number of benzene rings is 19. The molecule has 0 aliphatic rings. The predicted octanol–water partition coefficient (Wildman–Crippen LogP) is 27.3. The molecule has 0 saturated carbocycles. The van der Waals surface area contributed by atoms with Crippen molar-refractivity contribution < 1.29 is 0 Å². The molecule has 110 heavy (non-hydrogen) atoms. The summed E-state index contributed by atoms with van der Waals surface area (Å²) in [7, 11) is 0. The number of rotatable bonds is 12. The Bertz CT molecular complexity index is 7260. The van der Waals surface area contributed by atoms with Crippen LogP contribution in [0, 0.1) is 0 Å². The highest BCUT2D eigenvalue weighted by Gasteiger charge is 2.25. The van der Waals surface area contributed by atoms with Crippen molar-refractivity contribution >= 4 is 86.2 Å². The summed E-state index contributed by atoms with van der Waals surface area (Å²) >= 11 is 0. The Labute approximate surface area is 635 Å². The molecule has 2 heterocycles. The van der Waals surface area contributed by atoms with Crippen LogP contribution in [-0.4, -0.2) is 29.9 Å². The smallest absolute Gasteiger partial charge is 0.165 e. The van der Waals surface area contributed by atoms with Crippen molar-refractivity contribution in [1.29, 1.82) is 0 Å². The van der Waals surface area contributed by atoms with Crippen LogP contribution < -0.4 is 0 Å². The van der Waals surface area contributed by atoms with Crippen LogP contribution in [0.25, 0.3) is 221 Å². The van der Waals surface area contributed by atoms with E-state index in [1.54, 1.807) is 0 Å². The molecular formula is C104H64N6. The van der Waals surface area contributed by atoms with Gasteiger partial charge in [0.05, 0.1) is 0 Å². The van der Waals surface area contributed by atoms with Crippen LogP contribution in [0.15, 0.2) is 388 Å². The van der Waals surface area contributed by atoms with Crippen molar-refractivity contribution in [3.63, 3.8) is 0 Å². The zero-order valence-corrected chi connectivity index (χ0v) is 59.6. The fraction of sp³-hybridized carbons (Fsp3) is 0. The lowest BCUT2D eigenvalue weighted by Crippen LogP contribution is -2.03. The number of nitrogens with zero attached hydrogens (tertiary/aromatic N) is 6. The Morgan fingerprint density at radius 2 is 0.418 bits per heavy atom. The van der Waals surface area contributed by atoms with Crippen LogP contribution in [-0.2, 0) is 0 Å². The normalized spacial score (nSPS) is 11.6. The van der Waals surface area contributed by atoms with E-state index in [1.165, 1.54) is 48.7 Å². The third-order valence-electron chi connectivity index (χ3n) is 21.9. The molecule has 19 aromatic carbocycles. The second kappa shape index (κ2) is 26.7. The van der Waals surface area contributed by atoms with Crippen LogP contribution in [0.3, 0.4) is 0 Å². The summed E-state index contributed by atoms with van der Waals surface area (Å²) in [6.07, 6.45) is 0. The quantitative estimate of drug-likeness (QED) is 0.113. The van der Waals surface area contributed by atoms with Crippen molar-refractivity contribution in [2.75, 3.05) is 0 Å². The summed E-state index contributed by atoms with van der Waals surface area (Å²) in [6.45, 7) is 0. The van der Waals surface area contributed by atoms with Gasteiger partial charge in [-0.2, -0.15) is 0 Å². The van der Waals surface area contributed by atoms with Gasteiger partial charge in [-0.15, -0.1) is 0 Å². The minimum Gasteiger partial charge on any atom is -0.208 e. The maximum absolute atomic E-state index is 5.73. The molecule has 510 valence electrons. The fourth-order valence-electron chi connectivity index (χ4n) is 16.9. The maximum Gasteiger partial charge on any atom is 0.165 e. The highest BCUT2D eigenvalue weighted by atomic mass is 15.0. The van der Waals surface area contributed by atoms with E-state index in [-0.39, 0.29) is 0 Å². The van der Waals surface area contributed by atoms with E-state index >= 15 is 0 Å². The Hall–Kier alpha value is -14.7. The van der Waals surface area contributed by atoms with Crippen molar-refractivity contribution in [3.8, 4) is 135 Å². The van der Waals surface area contributed by atoms with Crippen molar-refractivity contribution in [3.05, 3.63) is 388 Å². The lowest BCUT2D eigenvalue weighted by Gasteiger charge is -2.19. The largest absolute Gasteiger partial charge is 0.208 e. The second-order valence-electron chi connectivity index (χ2n) is 28.3. The Balaban J connectivity index is 0.741. The molecule has 0 spiro atoms. The summed E-state index contributed by atoms with van der Waals surface area (Å²) in [4.78, 5) is 33.0. The van der Waals surface area contributed by atoms with Gasteiger partial charge in [0.15, 0.2) is 34.9 Å². The summed E-state index contributed by atoms with van der Waals surface area (Å²) in [5.41, 5.74) is 18.2. The molecule has 2 aromatic heterocycles. The fourth-order valence-corrected chi connectivity index (χ4v) is 16.9. The maximum atomic E-state index is 5.73. The third-order valence-corrected chi connectivity index (χ3v) is 21.9. The third kappa shape index (κ3) is 11.0. The molecule has 0 radical (unpaired) electrons. The van der Waals surface area contributed by atoms with Gasteiger partial charge in [-0.25, -0.2) is 29.9 Å². The van der Waals surface area contributed by atoms with Crippen molar-refractivity contribution in [1.82, 2.24) is 29.9 Å². The number of hydrogen-bond donors (Lipinski definition) is 0. The standard InChI is InChI=1S/C104H64N6/c1-5-29-65(30-6-1)69-37-26-41-74(60-69)100-105-99(68-35-11-4-12-36-68)106-103(108-100)95-64-94-83-48-17-15-46-81(83)92-62-73(57-58-89(92)97(94)88-53-23-20-50-85(88)95)78-56-28-55-77(67-33-9-3-10-34-67)98(78)104-109-101(107-102(110-104)90-54-24-13-43-76(90)66-31-7-2-8-32-66)75-42-27-39-71(61-75)70-38-25-40-72(59-70)91-63-93-82-47-16-14-44-79(82)80-45-18-21-51-86(80)96(93)87-52-22-19-49-84(87)91/h1-64H. The van der Waals surface area contributed by atoms with Gasteiger partial charge in [0.1, 0.15) is 0 Å². The number of aromatic nitrogens is 6. The molecule has 0 aliphatic heterocycles. The number of fused-ring (bicyclic) bond motifs is 16. The van der Waals surface area contributed by atoms with E-state index in [9.17, 15) is 0 Å². The highest BCUT2D eigenvalue weighted by molar-refractivity contribution is 6.35. The first-order valence-electron chi connectivity index (χ1n) is 37.4. The molecule has 0 N–H and O–H groups in total. The van der Waals surface area contributed by atoms with E-state index in [0.29, 0.717) is 34.9 Å². The molecule has 0 atom stereocenters. The van der Waals surface area contributed by atoms with Gasteiger partial charge in [0, 0.05) is 33.4 Å². The molecule has 6 heteroatoms. The summed E-state index contributed by atoms with van der Waals surface area (Å²) < 4.78 is 0. The van der Waals surface area contributed by atoms with Crippen molar-refractivity contribution in [2.24, 2.45) is 0 Å². The second-order valence-corrected chi connectivity index (χ2v) is 28.3. The molecular weight excluding hydrogens is 1330 g/mol. The van der Waals surface area contributed by atoms with Gasteiger partial charge in [0.25, 0.3) is 0 Å². The van der Waals surface area contributed by atoms with Gasteiger partial charge in [-0.05, 0) is 189 Å². The molecule has 21 rings (SSSR count). The zero-order chi connectivity index (χ0) is 72.6. The van der Waals surface area contributed by atoms with E-state index in [4.69, 9.17) is 29.9 Å². The molecule has 0 aliphatic carbocycles. The van der Waals surface area contributed by atoms with Gasteiger partial charge in [-0.1, -0.05) is 352 Å². The summed E-state index contributed by atoms with van der Waals surface area (Å²) in [6, 6.07) is 139. The van der Waals surface area contributed by atoms with Crippen LogP contribution in [0.5, 0.6) is 0 Å². The van der Waals surface area contributed by atoms with Crippen LogP contribution in [0.2, 0.25) is 0 Å². The monoisotopic (exact) mass is 1400 g/mol. The summed E-state index contributed by atoms with van der Waals surface area (Å²) in [5, 5.41) is 18.9. The highest BCUT2D eigenvalue weighted by Crippen LogP contribution is 2.49. The average Bonchev–Trinajstić information content (AvgIpc) is 0.717. The Morgan fingerprint density at radius 3 is 0.982 bits per heavy atom. The Kier molecular flexibility index (Phi) is 15.5. The topological polar surface area (TPSA) is 77.3 Å². The minimum absolute atomic E-state index is 0.556. The molecule has 21 aromatic rings.